The first kappa shape index (κ1) is 20.9. The van der Waals surface area contributed by atoms with Gasteiger partial charge in [-0.3, -0.25) is 4.79 Å². The molecule has 5 nitrogen and oxygen atoms in total. The number of benzene rings is 1. The van der Waals surface area contributed by atoms with Gasteiger partial charge in [0, 0.05) is 11.6 Å². The number of thioether (sulfide) groups is 1. The van der Waals surface area contributed by atoms with Crippen LogP contribution in [0.25, 0.3) is 11.5 Å². The fraction of sp³-hybridized carbons (Fsp3) is 0.591. The maximum absolute atomic E-state index is 12.5. The molecule has 1 saturated carbocycles. The number of hydrogen-bond acceptors (Lipinski definition) is 5. The molecule has 0 spiro atoms. The van der Waals surface area contributed by atoms with Crippen LogP contribution in [0.2, 0.25) is 0 Å². The number of nitrogens with one attached hydrogen (secondary N) is 1. The standard InChI is InChI=1S/C22H31N3O2S/c1-14-8-6-7-9-18(14)23-19(26)15(2)28-21-25-24-20(27-21)16-10-12-17(13-11-16)22(3,4)5/h10-15,18H,6-9H2,1-5H3,(H,23,26)/t14-,15+,18+/m0/s1. The van der Waals surface area contributed by atoms with Crippen molar-refractivity contribution in [1.82, 2.24) is 15.5 Å². The number of rotatable bonds is 5. The minimum Gasteiger partial charge on any atom is -0.411 e. The van der Waals surface area contributed by atoms with Crippen LogP contribution in [0.5, 0.6) is 0 Å². The average molecular weight is 402 g/mol. The quantitative estimate of drug-likeness (QED) is 0.697. The molecule has 0 aliphatic heterocycles. The van der Waals surface area contributed by atoms with Crippen molar-refractivity contribution in [3.05, 3.63) is 29.8 Å². The summed E-state index contributed by atoms with van der Waals surface area (Å²) in [6.07, 6.45) is 4.71. The summed E-state index contributed by atoms with van der Waals surface area (Å²) in [4.78, 5) is 12.5. The molecule has 0 bridgehead atoms. The third kappa shape index (κ3) is 5.16. The Balaban J connectivity index is 1.60. The lowest BCUT2D eigenvalue weighted by Gasteiger charge is -2.30. The van der Waals surface area contributed by atoms with Gasteiger partial charge in [-0.05, 0) is 48.8 Å². The zero-order valence-corrected chi connectivity index (χ0v) is 18.3. The second-order valence-electron chi connectivity index (χ2n) is 8.84. The Hall–Kier alpha value is -1.82. The van der Waals surface area contributed by atoms with E-state index < -0.39 is 0 Å². The van der Waals surface area contributed by atoms with E-state index in [1.807, 2.05) is 19.1 Å². The highest BCUT2D eigenvalue weighted by molar-refractivity contribution is 8.00. The number of nitrogens with zero attached hydrogens (tertiary/aromatic N) is 2. The largest absolute Gasteiger partial charge is 0.411 e. The average Bonchev–Trinajstić information content (AvgIpc) is 3.11. The Morgan fingerprint density at radius 1 is 1.18 bits per heavy atom. The van der Waals surface area contributed by atoms with Crippen LogP contribution < -0.4 is 5.32 Å². The summed E-state index contributed by atoms with van der Waals surface area (Å²) in [6, 6.07) is 8.47. The van der Waals surface area contributed by atoms with Crippen LogP contribution >= 0.6 is 11.8 Å². The highest BCUT2D eigenvalue weighted by atomic mass is 32.2. The molecule has 1 amide bonds. The van der Waals surface area contributed by atoms with Crippen LogP contribution in [0.3, 0.4) is 0 Å². The normalized spacial score (nSPS) is 21.3. The molecular weight excluding hydrogens is 370 g/mol. The van der Waals surface area contributed by atoms with Crippen LogP contribution in [0, 0.1) is 5.92 Å². The van der Waals surface area contributed by atoms with E-state index in [-0.39, 0.29) is 22.6 Å². The molecule has 1 fully saturated rings. The molecule has 0 radical (unpaired) electrons. The maximum atomic E-state index is 12.5. The zero-order chi connectivity index (χ0) is 20.3. The van der Waals surface area contributed by atoms with E-state index >= 15 is 0 Å². The number of amides is 1. The lowest BCUT2D eigenvalue weighted by molar-refractivity contribution is -0.121. The fourth-order valence-electron chi connectivity index (χ4n) is 3.52. The van der Waals surface area contributed by atoms with Crippen LogP contribution in [-0.4, -0.2) is 27.4 Å². The summed E-state index contributed by atoms with van der Waals surface area (Å²) in [6.45, 7) is 10.7. The second-order valence-corrected chi connectivity index (χ2v) is 10.1. The third-order valence-electron chi connectivity index (χ3n) is 5.49. The first-order chi connectivity index (χ1) is 13.2. The van der Waals surface area contributed by atoms with Gasteiger partial charge >= 0.3 is 0 Å². The molecule has 1 heterocycles. The van der Waals surface area contributed by atoms with E-state index in [1.54, 1.807) is 0 Å². The van der Waals surface area contributed by atoms with Gasteiger partial charge in [-0.25, -0.2) is 0 Å². The van der Waals surface area contributed by atoms with Crippen LogP contribution in [-0.2, 0) is 10.2 Å². The van der Waals surface area contributed by atoms with Crippen molar-refractivity contribution in [2.24, 2.45) is 5.92 Å². The van der Waals surface area contributed by atoms with Crippen LogP contribution in [0.1, 0.15) is 65.9 Å². The Morgan fingerprint density at radius 3 is 2.50 bits per heavy atom. The smallest absolute Gasteiger partial charge is 0.277 e. The van der Waals surface area contributed by atoms with Gasteiger partial charge in [0.1, 0.15) is 0 Å². The van der Waals surface area contributed by atoms with Crippen LogP contribution in [0.15, 0.2) is 33.9 Å². The van der Waals surface area contributed by atoms with E-state index in [4.69, 9.17) is 4.42 Å². The number of hydrogen-bond donors (Lipinski definition) is 1. The first-order valence-electron chi connectivity index (χ1n) is 10.2. The van der Waals surface area contributed by atoms with E-state index in [1.165, 1.54) is 36.6 Å². The molecule has 28 heavy (non-hydrogen) atoms. The van der Waals surface area contributed by atoms with Gasteiger partial charge in [-0.1, -0.05) is 64.4 Å². The highest BCUT2D eigenvalue weighted by Crippen LogP contribution is 2.29. The van der Waals surface area contributed by atoms with Gasteiger partial charge in [0.25, 0.3) is 5.22 Å². The van der Waals surface area contributed by atoms with Crippen molar-refractivity contribution in [3.8, 4) is 11.5 Å². The molecule has 1 aliphatic rings. The van der Waals surface area contributed by atoms with Crippen molar-refractivity contribution in [1.29, 1.82) is 0 Å². The lowest BCUT2D eigenvalue weighted by Crippen LogP contribution is -2.44. The number of carbonyl (C=O) groups excluding carboxylic acids is 1. The predicted octanol–water partition coefficient (Wildman–Crippen LogP) is 5.21. The number of aromatic nitrogens is 2. The van der Waals surface area contributed by atoms with E-state index in [9.17, 15) is 4.79 Å². The summed E-state index contributed by atoms with van der Waals surface area (Å²) in [5.74, 6) is 1.07. The van der Waals surface area contributed by atoms with Gasteiger partial charge in [0.05, 0.1) is 5.25 Å². The Morgan fingerprint density at radius 2 is 1.86 bits per heavy atom. The van der Waals surface area contributed by atoms with Gasteiger partial charge in [-0.15, -0.1) is 10.2 Å². The van der Waals surface area contributed by atoms with Crippen molar-refractivity contribution >= 4 is 17.7 Å². The Labute approximate surface area is 172 Å². The minimum absolute atomic E-state index is 0.0398. The molecule has 1 aromatic carbocycles. The molecule has 0 unspecified atom stereocenters. The van der Waals surface area contributed by atoms with Crippen molar-refractivity contribution < 1.29 is 9.21 Å². The highest BCUT2D eigenvalue weighted by Gasteiger charge is 2.26. The molecule has 3 atom stereocenters. The zero-order valence-electron chi connectivity index (χ0n) is 17.5. The van der Waals surface area contributed by atoms with Crippen LogP contribution in [0.4, 0.5) is 0 Å². The molecule has 1 aromatic heterocycles. The van der Waals surface area contributed by atoms with Gasteiger partial charge < -0.3 is 9.73 Å². The summed E-state index contributed by atoms with van der Waals surface area (Å²) < 4.78 is 5.79. The van der Waals surface area contributed by atoms with Gasteiger partial charge in [0.2, 0.25) is 11.8 Å². The molecular formula is C22H31N3O2S. The van der Waals surface area contributed by atoms with Gasteiger partial charge in [0.15, 0.2) is 0 Å². The molecule has 6 heteroatoms. The summed E-state index contributed by atoms with van der Waals surface area (Å²) in [5.41, 5.74) is 2.25. The summed E-state index contributed by atoms with van der Waals surface area (Å²) >= 11 is 1.31. The monoisotopic (exact) mass is 401 g/mol. The topological polar surface area (TPSA) is 68.0 Å². The minimum atomic E-state index is -0.273. The van der Waals surface area contributed by atoms with Gasteiger partial charge in [-0.2, -0.15) is 0 Å². The fourth-order valence-corrected chi connectivity index (χ4v) is 4.21. The second kappa shape index (κ2) is 8.68. The predicted molar refractivity (Wildman–Crippen MR) is 113 cm³/mol. The Kier molecular flexibility index (Phi) is 6.48. The molecule has 1 N–H and O–H groups in total. The summed E-state index contributed by atoms with van der Waals surface area (Å²) in [5, 5.41) is 11.6. The lowest BCUT2D eigenvalue weighted by atomic mass is 9.86. The van der Waals surface area contributed by atoms with E-state index in [0.717, 1.165) is 12.0 Å². The van der Waals surface area contributed by atoms with Crippen molar-refractivity contribution in [2.45, 2.75) is 82.2 Å². The third-order valence-corrected chi connectivity index (χ3v) is 6.42. The van der Waals surface area contributed by atoms with E-state index in [2.05, 4.69) is 55.3 Å². The van der Waals surface area contributed by atoms with E-state index in [0.29, 0.717) is 17.0 Å². The maximum Gasteiger partial charge on any atom is 0.277 e. The van der Waals surface area contributed by atoms with Crippen molar-refractivity contribution in [2.75, 3.05) is 0 Å². The molecule has 2 aromatic rings. The molecule has 0 saturated heterocycles. The molecule has 152 valence electrons. The Bertz CT molecular complexity index is 795. The molecule has 1 aliphatic carbocycles. The number of carbonyl (C=O) groups is 1. The van der Waals surface area contributed by atoms with Crippen molar-refractivity contribution in [3.63, 3.8) is 0 Å². The molecule has 3 rings (SSSR count). The first-order valence-corrected chi connectivity index (χ1v) is 11.0. The summed E-state index contributed by atoms with van der Waals surface area (Å²) in [7, 11) is 0. The SMILES string of the molecule is C[C@@H](Sc1nnc(-c2ccc(C(C)(C)C)cc2)o1)C(=O)N[C@@H]1CCCC[C@@H]1C.